The van der Waals surface area contributed by atoms with E-state index < -0.39 is 28.1 Å². The van der Waals surface area contributed by atoms with Crippen LogP contribution in [-0.4, -0.2) is 49.3 Å². The van der Waals surface area contributed by atoms with Crippen molar-refractivity contribution in [3.63, 3.8) is 0 Å². The van der Waals surface area contributed by atoms with Gasteiger partial charge in [0.05, 0.1) is 10.9 Å². The van der Waals surface area contributed by atoms with E-state index in [0.717, 1.165) is 37.7 Å². The van der Waals surface area contributed by atoms with E-state index in [1.54, 1.807) is 24.3 Å². The van der Waals surface area contributed by atoms with Gasteiger partial charge >= 0.3 is 5.97 Å². The molecule has 0 spiro atoms. The molecule has 0 bridgehead atoms. The van der Waals surface area contributed by atoms with Crippen molar-refractivity contribution in [2.24, 2.45) is 0 Å². The summed E-state index contributed by atoms with van der Waals surface area (Å²) in [5.41, 5.74) is 1.07. The van der Waals surface area contributed by atoms with Gasteiger partial charge in [0.15, 0.2) is 11.5 Å². The van der Waals surface area contributed by atoms with Crippen LogP contribution in [-0.2, 0) is 14.8 Å². The fraction of sp³-hybridized carbons (Fsp3) is 0.458. The van der Waals surface area contributed by atoms with E-state index in [4.69, 9.17) is 9.47 Å². The number of para-hydroxylation sites is 1. The van der Waals surface area contributed by atoms with Crippen molar-refractivity contribution in [2.75, 3.05) is 6.54 Å². The standard InChI is InChI=1S/C24H28N2O6S/c27-24(28)23(32-21-14-7-11-18-17-10-6-13-20(17)31-22(18)21)19-12-4-5-15-26(19)25-33(29,30)16-8-2-1-3-9-16/h1-3,7-9,11,14,17,19-20,23,25H,4-6,10,12-13,15H2,(H,27,28). The molecular weight excluding hydrogens is 444 g/mol. The molecule has 4 unspecified atom stereocenters. The van der Waals surface area contributed by atoms with Crippen LogP contribution in [0.3, 0.4) is 0 Å². The molecule has 0 amide bonds. The summed E-state index contributed by atoms with van der Waals surface area (Å²) in [6.07, 6.45) is 4.07. The van der Waals surface area contributed by atoms with Crippen LogP contribution in [0, 0.1) is 0 Å². The van der Waals surface area contributed by atoms with E-state index in [1.165, 1.54) is 17.1 Å². The Morgan fingerprint density at radius 1 is 1.06 bits per heavy atom. The van der Waals surface area contributed by atoms with E-state index in [0.29, 0.717) is 30.4 Å². The first-order chi connectivity index (χ1) is 15.9. The molecule has 2 aliphatic heterocycles. The van der Waals surface area contributed by atoms with Gasteiger partial charge in [0.25, 0.3) is 10.0 Å². The maximum Gasteiger partial charge on any atom is 0.346 e. The molecule has 4 atom stereocenters. The van der Waals surface area contributed by atoms with Crippen molar-refractivity contribution in [2.45, 2.75) is 67.6 Å². The van der Waals surface area contributed by atoms with Crippen LogP contribution in [0.2, 0.25) is 0 Å². The molecule has 3 aliphatic rings. The number of ether oxygens (including phenoxy) is 2. The van der Waals surface area contributed by atoms with Gasteiger partial charge < -0.3 is 14.6 Å². The molecule has 2 aromatic rings. The lowest BCUT2D eigenvalue weighted by molar-refractivity contribution is -0.150. The monoisotopic (exact) mass is 472 g/mol. The van der Waals surface area contributed by atoms with Gasteiger partial charge in [0, 0.05) is 18.0 Å². The molecule has 1 aliphatic carbocycles. The maximum absolute atomic E-state index is 12.9. The lowest BCUT2D eigenvalue weighted by Gasteiger charge is -2.38. The van der Waals surface area contributed by atoms with E-state index in [1.807, 2.05) is 12.1 Å². The fourth-order valence-electron chi connectivity index (χ4n) is 5.24. The Morgan fingerprint density at radius 3 is 2.67 bits per heavy atom. The lowest BCUT2D eigenvalue weighted by Crippen LogP contribution is -2.58. The first kappa shape index (κ1) is 22.2. The molecular formula is C24H28N2O6S. The average molecular weight is 473 g/mol. The largest absolute Gasteiger partial charge is 0.486 e. The second-order valence-corrected chi connectivity index (χ2v) is 10.6. The molecule has 5 rings (SSSR count). The number of nitrogens with zero attached hydrogens (tertiary/aromatic N) is 1. The van der Waals surface area contributed by atoms with Crippen LogP contribution in [0.4, 0.5) is 0 Å². The Bertz CT molecular complexity index is 1120. The van der Waals surface area contributed by atoms with Crippen molar-refractivity contribution in [3.05, 3.63) is 54.1 Å². The number of hydrazine groups is 1. The smallest absolute Gasteiger partial charge is 0.346 e. The van der Waals surface area contributed by atoms with E-state index in [9.17, 15) is 18.3 Å². The van der Waals surface area contributed by atoms with Crippen molar-refractivity contribution in [3.8, 4) is 11.5 Å². The molecule has 2 aromatic carbocycles. The highest BCUT2D eigenvalue weighted by Gasteiger charge is 2.42. The zero-order valence-electron chi connectivity index (χ0n) is 18.2. The SMILES string of the molecule is O=C(O)C(Oc1cccc2c1OC1CCCC21)C1CCCCN1NS(=O)(=O)c1ccccc1. The summed E-state index contributed by atoms with van der Waals surface area (Å²) in [7, 11) is -3.84. The minimum atomic E-state index is -3.84. The summed E-state index contributed by atoms with van der Waals surface area (Å²) in [5, 5.41) is 11.6. The Labute approximate surface area is 193 Å². The molecule has 2 fully saturated rings. The van der Waals surface area contributed by atoms with Gasteiger partial charge in [-0.05, 0) is 50.3 Å². The average Bonchev–Trinajstić information content (AvgIpc) is 3.40. The number of hydrogen-bond acceptors (Lipinski definition) is 6. The number of carboxylic acid groups (broad SMARTS) is 1. The molecule has 8 nitrogen and oxygen atoms in total. The van der Waals surface area contributed by atoms with Gasteiger partial charge in [-0.15, -0.1) is 4.83 Å². The van der Waals surface area contributed by atoms with Gasteiger partial charge in [-0.25, -0.2) is 18.2 Å². The van der Waals surface area contributed by atoms with Crippen LogP contribution < -0.4 is 14.3 Å². The summed E-state index contributed by atoms with van der Waals surface area (Å²) in [6.45, 7) is 0.400. The van der Waals surface area contributed by atoms with Crippen LogP contribution >= 0.6 is 0 Å². The Kier molecular flexibility index (Phi) is 6.03. The lowest BCUT2D eigenvalue weighted by atomic mass is 9.97. The first-order valence-electron chi connectivity index (χ1n) is 11.5. The molecule has 9 heteroatoms. The second-order valence-electron chi connectivity index (χ2n) is 8.91. The third kappa shape index (κ3) is 4.32. The molecule has 2 N–H and O–H groups in total. The first-order valence-corrected chi connectivity index (χ1v) is 13.0. The van der Waals surface area contributed by atoms with Gasteiger partial charge in [0.2, 0.25) is 6.10 Å². The van der Waals surface area contributed by atoms with Crippen LogP contribution in [0.15, 0.2) is 53.4 Å². The number of piperidine rings is 1. The van der Waals surface area contributed by atoms with Crippen LogP contribution in [0.25, 0.3) is 0 Å². The number of benzene rings is 2. The molecule has 2 heterocycles. The Balaban J connectivity index is 1.40. The topological polar surface area (TPSA) is 105 Å². The molecule has 1 saturated heterocycles. The van der Waals surface area contributed by atoms with E-state index in [-0.39, 0.29) is 11.0 Å². The molecule has 0 radical (unpaired) electrons. The molecule has 33 heavy (non-hydrogen) atoms. The zero-order chi connectivity index (χ0) is 23.0. The van der Waals surface area contributed by atoms with Gasteiger partial charge in [-0.3, -0.25) is 0 Å². The number of carboxylic acids is 1. The highest BCUT2D eigenvalue weighted by molar-refractivity contribution is 7.89. The van der Waals surface area contributed by atoms with Crippen molar-refractivity contribution < 1.29 is 27.8 Å². The van der Waals surface area contributed by atoms with Crippen molar-refractivity contribution in [1.82, 2.24) is 9.84 Å². The van der Waals surface area contributed by atoms with E-state index in [2.05, 4.69) is 4.83 Å². The van der Waals surface area contributed by atoms with Gasteiger partial charge in [-0.1, -0.05) is 36.8 Å². The van der Waals surface area contributed by atoms with E-state index >= 15 is 0 Å². The highest BCUT2D eigenvalue weighted by atomic mass is 32.2. The maximum atomic E-state index is 12.9. The summed E-state index contributed by atoms with van der Waals surface area (Å²) < 4.78 is 38.0. The summed E-state index contributed by atoms with van der Waals surface area (Å²) >= 11 is 0. The minimum Gasteiger partial charge on any atom is -0.486 e. The number of fused-ring (bicyclic) bond motifs is 3. The number of nitrogens with one attached hydrogen (secondary N) is 1. The third-order valence-electron chi connectivity index (χ3n) is 6.82. The minimum absolute atomic E-state index is 0.122. The highest BCUT2D eigenvalue weighted by Crippen LogP contribution is 2.50. The predicted octanol–water partition coefficient (Wildman–Crippen LogP) is 3.30. The third-order valence-corrected chi connectivity index (χ3v) is 8.19. The fourth-order valence-corrected chi connectivity index (χ4v) is 6.40. The Hall–Kier alpha value is -2.62. The summed E-state index contributed by atoms with van der Waals surface area (Å²) in [5.74, 6) is 0.230. The number of hydrogen-bond donors (Lipinski definition) is 2. The van der Waals surface area contributed by atoms with Gasteiger partial charge in [-0.2, -0.15) is 0 Å². The van der Waals surface area contributed by atoms with Crippen molar-refractivity contribution in [1.29, 1.82) is 0 Å². The molecule has 1 saturated carbocycles. The number of sulfonamides is 1. The number of carbonyl (C=O) groups is 1. The van der Waals surface area contributed by atoms with Crippen LogP contribution in [0.5, 0.6) is 11.5 Å². The molecule has 0 aromatic heterocycles. The Morgan fingerprint density at radius 2 is 1.88 bits per heavy atom. The molecule has 176 valence electrons. The summed E-state index contributed by atoms with van der Waals surface area (Å²) in [4.78, 5) is 15.0. The quantitative estimate of drug-likeness (QED) is 0.637. The summed E-state index contributed by atoms with van der Waals surface area (Å²) in [6, 6.07) is 13.0. The normalized spacial score (nSPS) is 25.6. The van der Waals surface area contributed by atoms with Crippen molar-refractivity contribution >= 4 is 16.0 Å². The zero-order valence-corrected chi connectivity index (χ0v) is 19.0. The van der Waals surface area contributed by atoms with Gasteiger partial charge in [0.1, 0.15) is 6.10 Å². The van der Waals surface area contributed by atoms with Crippen LogP contribution in [0.1, 0.15) is 50.0 Å². The predicted molar refractivity (Wildman–Crippen MR) is 121 cm³/mol. The number of rotatable bonds is 7. The second kappa shape index (κ2) is 8.96. The number of aliphatic carboxylic acids is 1.